The second-order valence-electron chi connectivity index (χ2n) is 3.87. The van der Waals surface area contributed by atoms with Crippen LogP contribution in [0.4, 0.5) is 0 Å². The van der Waals surface area contributed by atoms with Gasteiger partial charge in [-0.25, -0.2) is 4.98 Å². The SMILES string of the molecule is CNCC1CCCc2c(Cl)nc(C)n21. The van der Waals surface area contributed by atoms with Gasteiger partial charge < -0.3 is 9.88 Å². The fourth-order valence-corrected chi connectivity index (χ4v) is 2.63. The molecule has 0 bridgehead atoms. The van der Waals surface area contributed by atoms with Crippen LogP contribution >= 0.6 is 11.6 Å². The van der Waals surface area contributed by atoms with Crippen LogP contribution in [-0.2, 0) is 6.42 Å². The lowest BCUT2D eigenvalue weighted by atomic mass is 10.0. The van der Waals surface area contributed by atoms with E-state index in [0.29, 0.717) is 11.2 Å². The van der Waals surface area contributed by atoms with Crippen molar-refractivity contribution in [1.29, 1.82) is 0 Å². The minimum Gasteiger partial charge on any atom is -0.326 e. The monoisotopic (exact) mass is 213 g/mol. The van der Waals surface area contributed by atoms with Gasteiger partial charge in [0.2, 0.25) is 0 Å². The largest absolute Gasteiger partial charge is 0.326 e. The molecule has 3 nitrogen and oxygen atoms in total. The summed E-state index contributed by atoms with van der Waals surface area (Å²) in [5.74, 6) is 1.05. The first-order valence-electron chi connectivity index (χ1n) is 5.12. The van der Waals surface area contributed by atoms with Crippen LogP contribution in [-0.4, -0.2) is 23.1 Å². The number of aryl methyl sites for hydroxylation is 1. The highest BCUT2D eigenvalue weighted by Gasteiger charge is 2.23. The Morgan fingerprint density at radius 1 is 1.64 bits per heavy atom. The Hall–Kier alpha value is -0.540. The zero-order valence-electron chi connectivity index (χ0n) is 8.68. The molecule has 1 N–H and O–H groups in total. The quantitative estimate of drug-likeness (QED) is 0.814. The summed E-state index contributed by atoms with van der Waals surface area (Å²) in [6.07, 6.45) is 3.51. The van der Waals surface area contributed by atoms with Crippen LogP contribution in [0.25, 0.3) is 0 Å². The molecule has 78 valence electrons. The maximum absolute atomic E-state index is 6.08. The van der Waals surface area contributed by atoms with Gasteiger partial charge in [0.1, 0.15) is 5.82 Å². The third kappa shape index (κ3) is 1.55. The van der Waals surface area contributed by atoms with Crippen LogP contribution in [0.1, 0.15) is 30.4 Å². The predicted molar refractivity (Wildman–Crippen MR) is 57.9 cm³/mol. The Morgan fingerprint density at radius 3 is 3.14 bits per heavy atom. The van der Waals surface area contributed by atoms with Crippen molar-refractivity contribution in [3.8, 4) is 0 Å². The Balaban J connectivity index is 2.37. The number of hydrogen-bond acceptors (Lipinski definition) is 2. The fourth-order valence-electron chi connectivity index (χ4n) is 2.33. The van der Waals surface area contributed by atoms with Gasteiger partial charge in [0.25, 0.3) is 0 Å². The molecule has 0 aliphatic carbocycles. The van der Waals surface area contributed by atoms with Gasteiger partial charge in [0, 0.05) is 12.6 Å². The number of imidazole rings is 1. The van der Waals surface area contributed by atoms with Crippen molar-refractivity contribution in [2.24, 2.45) is 0 Å². The van der Waals surface area contributed by atoms with E-state index in [1.165, 1.54) is 18.5 Å². The molecule has 0 saturated heterocycles. The Labute approximate surface area is 89.5 Å². The number of halogens is 1. The molecule has 1 aliphatic heterocycles. The summed E-state index contributed by atoms with van der Waals surface area (Å²) in [7, 11) is 1.99. The summed E-state index contributed by atoms with van der Waals surface area (Å²) < 4.78 is 2.29. The van der Waals surface area contributed by atoms with Gasteiger partial charge in [0.05, 0.1) is 5.69 Å². The molecule has 0 aromatic carbocycles. The Kier molecular flexibility index (Phi) is 2.79. The Bertz CT molecular complexity index is 332. The summed E-state index contributed by atoms with van der Waals surface area (Å²) in [6, 6.07) is 0.531. The lowest BCUT2D eigenvalue weighted by molar-refractivity contribution is 0.384. The van der Waals surface area contributed by atoms with Crippen molar-refractivity contribution >= 4 is 11.6 Å². The molecule has 1 aliphatic rings. The first-order chi connectivity index (χ1) is 6.74. The van der Waals surface area contributed by atoms with Gasteiger partial charge in [-0.05, 0) is 33.2 Å². The molecule has 14 heavy (non-hydrogen) atoms. The molecule has 1 aromatic rings. The van der Waals surface area contributed by atoms with Crippen molar-refractivity contribution < 1.29 is 0 Å². The van der Waals surface area contributed by atoms with Gasteiger partial charge >= 0.3 is 0 Å². The maximum Gasteiger partial charge on any atom is 0.150 e. The van der Waals surface area contributed by atoms with E-state index in [2.05, 4.69) is 14.9 Å². The summed E-state index contributed by atoms with van der Waals surface area (Å²) in [5, 5.41) is 3.92. The van der Waals surface area contributed by atoms with Crippen molar-refractivity contribution in [2.75, 3.05) is 13.6 Å². The topological polar surface area (TPSA) is 29.9 Å². The number of aromatic nitrogens is 2. The van der Waals surface area contributed by atoms with E-state index >= 15 is 0 Å². The highest BCUT2D eigenvalue weighted by atomic mass is 35.5. The molecule has 0 saturated carbocycles. The average molecular weight is 214 g/mol. The molecule has 2 rings (SSSR count). The molecule has 0 spiro atoms. The van der Waals surface area contributed by atoms with Gasteiger partial charge in [-0.1, -0.05) is 11.6 Å². The van der Waals surface area contributed by atoms with E-state index in [-0.39, 0.29) is 0 Å². The summed E-state index contributed by atoms with van der Waals surface area (Å²) in [6.45, 7) is 3.03. The van der Waals surface area contributed by atoms with Crippen molar-refractivity contribution in [1.82, 2.24) is 14.9 Å². The zero-order chi connectivity index (χ0) is 10.1. The molecule has 1 unspecified atom stereocenters. The molecule has 1 atom stereocenters. The first-order valence-corrected chi connectivity index (χ1v) is 5.49. The standard InChI is InChI=1S/C10H16ClN3/c1-7-13-10(11)9-5-3-4-8(6-12-2)14(7)9/h8,12H,3-6H2,1-2H3. The minimum absolute atomic E-state index is 0.531. The predicted octanol–water partition coefficient (Wildman–Crippen LogP) is 1.94. The van der Waals surface area contributed by atoms with E-state index in [9.17, 15) is 0 Å². The van der Waals surface area contributed by atoms with Crippen LogP contribution in [0.3, 0.4) is 0 Å². The van der Waals surface area contributed by atoms with Crippen LogP contribution in [0.2, 0.25) is 5.15 Å². The van der Waals surface area contributed by atoms with Gasteiger partial charge in [-0.2, -0.15) is 0 Å². The first kappa shape index (κ1) is 9.99. The van der Waals surface area contributed by atoms with Gasteiger partial charge in [-0.3, -0.25) is 0 Å². The van der Waals surface area contributed by atoms with E-state index in [0.717, 1.165) is 18.8 Å². The minimum atomic E-state index is 0.531. The van der Waals surface area contributed by atoms with Crippen LogP contribution in [0.5, 0.6) is 0 Å². The molecule has 1 aromatic heterocycles. The summed E-state index contributed by atoms with van der Waals surface area (Å²) >= 11 is 6.08. The molecule has 0 radical (unpaired) electrons. The summed E-state index contributed by atoms with van der Waals surface area (Å²) in [5.41, 5.74) is 1.22. The van der Waals surface area contributed by atoms with E-state index in [4.69, 9.17) is 11.6 Å². The van der Waals surface area contributed by atoms with E-state index in [1.54, 1.807) is 0 Å². The zero-order valence-corrected chi connectivity index (χ0v) is 9.43. The highest BCUT2D eigenvalue weighted by molar-refractivity contribution is 6.30. The highest BCUT2D eigenvalue weighted by Crippen LogP contribution is 2.30. The number of nitrogens with zero attached hydrogens (tertiary/aromatic N) is 2. The smallest absolute Gasteiger partial charge is 0.150 e. The van der Waals surface area contributed by atoms with Gasteiger partial charge in [-0.15, -0.1) is 0 Å². The summed E-state index contributed by atoms with van der Waals surface area (Å²) in [4.78, 5) is 4.33. The van der Waals surface area contributed by atoms with E-state index in [1.807, 2.05) is 14.0 Å². The lowest BCUT2D eigenvalue weighted by Gasteiger charge is -2.26. The maximum atomic E-state index is 6.08. The molecule has 0 amide bonds. The van der Waals surface area contributed by atoms with Crippen LogP contribution in [0, 0.1) is 6.92 Å². The number of fused-ring (bicyclic) bond motifs is 1. The van der Waals surface area contributed by atoms with Crippen LogP contribution in [0.15, 0.2) is 0 Å². The second-order valence-corrected chi connectivity index (χ2v) is 4.23. The fraction of sp³-hybridized carbons (Fsp3) is 0.700. The third-order valence-electron chi connectivity index (χ3n) is 2.89. The molecule has 4 heteroatoms. The number of rotatable bonds is 2. The lowest BCUT2D eigenvalue weighted by Crippen LogP contribution is -2.27. The number of hydrogen-bond donors (Lipinski definition) is 1. The van der Waals surface area contributed by atoms with Gasteiger partial charge in [0.15, 0.2) is 5.15 Å². The van der Waals surface area contributed by atoms with Crippen molar-refractivity contribution in [3.63, 3.8) is 0 Å². The third-order valence-corrected chi connectivity index (χ3v) is 3.20. The van der Waals surface area contributed by atoms with Crippen LogP contribution < -0.4 is 5.32 Å². The van der Waals surface area contributed by atoms with Crippen molar-refractivity contribution in [2.45, 2.75) is 32.2 Å². The molecular formula is C10H16ClN3. The van der Waals surface area contributed by atoms with Crippen molar-refractivity contribution in [3.05, 3.63) is 16.7 Å². The molecule has 0 fully saturated rings. The van der Waals surface area contributed by atoms with E-state index < -0.39 is 0 Å². The normalized spacial score (nSPS) is 20.9. The average Bonchev–Trinajstić information content (AvgIpc) is 2.44. The molecular weight excluding hydrogens is 198 g/mol. The second kappa shape index (κ2) is 3.91. The molecule has 2 heterocycles. The Morgan fingerprint density at radius 2 is 2.43 bits per heavy atom. The number of likely N-dealkylation sites (N-methyl/N-ethyl adjacent to an activating group) is 1. The number of nitrogens with one attached hydrogen (secondary N) is 1.